The number of hydrogen-bond donors (Lipinski definition) is 0. The van der Waals surface area contributed by atoms with Crippen molar-refractivity contribution in [1.29, 1.82) is 0 Å². The van der Waals surface area contributed by atoms with Crippen molar-refractivity contribution in [3.63, 3.8) is 0 Å². The Morgan fingerprint density at radius 2 is 2.18 bits per heavy atom. The molecular weight excluding hydrogens is 232 g/mol. The summed E-state index contributed by atoms with van der Waals surface area (Å²) in [5.74, 6) is 1.85. The molecular formula is C13H16N2OS. The van der Waals surface area contributed by atoms with Gasteiger partial charge in [0, 0.05) is 30.8 Å². The van der Waals surface area contributed by atoms with Crippen LogP contribution < -0.4 is 4.74 Å². The van der Waals surface area contributed by atoms with Gasteiger partial charge in [-0.15, -0.1) is 0 Å². The van der Waals surface area contributed by atoms with E-state index in [1.807, 2.05) is 49.1 Å². The molecule has 0 saturated heterocycles. The van der Waals surface area contributed by atoms with Gasteiger partial charge in [-0.25, -0.2) is 4.98 Å². The van der Waals surface area contributed by atoms with E-state index in [2.05, 4.69) is 11.1 Å². The zero-order chi connectivity index (χ0) is 12.1. The van der Waals surface area contributed by atoms with Crippen molar-refractivity contribution >= 4 is 11.8 Å². The van der Waals surface area contributed by atoms with Gasteiger partial charge in [-0.3, -0.25) is 0 Å². The fraction of sp³-hybridized carbons (Fsp3) is 0.308. The van der Waals surface area contributed by atoms with E-state index in [4.69, 9.17) is 4.74 Å². The van der Waals surface area contributed by atoms with Crippen molar-refractivity contribution < 1.29 is 4.74 Å². The van der Waals surface area contributed by atoms with Crippen molar-refractivity contribution in [2.24, 2.45) is 7.05 Å². The normalized spacial score (nSPS) is 10.5. The average molecular weight is 248 g/mol. The summed E-state index contributed by atoms with van der Waals surface area (Å²) in [6.07, 6.45) is 3.77. The summed E-state index contributed by atoms with van der Waals surface area (Å²) < 4.78 is 7.62. The Labute approximate surface area is 106 Å². The number of ether oxygens (including phenoxy) is 1. The minimum absolute atomic E-state index is 0.698. The van der Waals surface area contributed by atoms with E-state index < -0.39 is 0 Å². The summed E-state index contributed by atoms with van der Waals surface area (Å²) in [4.78, 5) is 4.29. The Kier molecular flexibility index (Phi) is 4.09. The van der Waals surface area contributed by atoms with Crippen LogP contribution in [0.1, 0.15) is 12.5 Å². The van der Waals surface area contributed by atoms with Crippen LogP contribution >= 0.6 is 11.8 Å². The second-order valence-electron chi connectivity index (χ2n) is 3.65. The first-order valence-electron chi connectivity index (χ1n) is 5.62. The van der Waals surface area contributed by atoms with Crippen molar-refractivity contribution in [3.05, 3.63) is 42.2 Å². The summed E-state index contributed by atoms with van der Waals surface area (Å²) in [6.45, 7) is 2.70. The topological polar surface area (TPSA) is 27.1 Å². The molecule has 4 heteroatoms. The summed E-state index contributed by atoms with van der Waals surface area (Å²) in [6, 6.07) is 8.15. The highest BCUT2D eigenvalue weighted by molar-refractivity contribution is 7.98. The minimum Gasteiger partial charge on any atom is -0.494 e. The predicted molar refractivity (Wildman–Crippen MR) is 70.4 cm³/mol. The number of nitrogens with zero attached hydrogens (tertiary/aromatic N) is 2. The summed E-state index contributed by atoms with van der Waals surface area (Å²) in [5, 5.41) is 1.02. The van der Waals surface area contributed by atoms with Crippen LogP contribution in [0.5, 0.6) is 5.75 Å². The molecule has 17 heavy (non-hydrogen) atoms. The molecule has 0 amide bonds. The van der Waals surface area contributed by atoms with Gasteiger partial charge in [-0.1, -0.05) is 30.0 Å². The van der Waals surface area contributed by atoms with E-state index in [0.717, 1.165) is 16.7 Å². The highest BCUT2D eigenvalue weighted by atomic mass is 32.2. The molecule has 0 bridgehead atoms. The first-order valence-corrected chi connectivity index (χ1v) is 6.60. The molecule has 1 heterocycles. The molecule has 0 fully saturated rings. The van der Waals surface area contributed by atoms with Gasteiger partial charge >= 0.3 is 0 Å². The van der Waals surface area contributed by atoms with Crippen LogP contribution in [0.4, 0.5) is 0 Å². The Balaban J connectivity index is 2.06. The van der Waals surface area contributed by atoms with Gasteiger partial charge in [0.15, 0.2) is 5.16 Å². The van der Waals surface area contributed by atoms with Crippen molar-refractivity contribution in [1.82, 2.24) is 9.55 Å². The van der Waals surface area contributed by atoms with Gasteiger partial charge in [-0.05, 0) is 13.0 Å². The molecule has 90 valence electrons. The maximum Gasteiger partial charge on any atom is 0.167 e. The summed E-state index contributed by atoms with van der Waals surface area (Å²) in [7, 11) is 2.00. The minimum atomic E-state index is 0.698. The number of para-hydroxylation sites is 1. The molecule has 0 saturated carbocycles. The molecule has 0 atom stereocenters. The highest BCUT2D eigenvalue weighted by Gasteiger charge is 2.05. The number of aromatic nitrogens is 2. The van der Waals surface area contributed by atoms with E-state index in [1.165, 1.54) is 5.56 Å². The smallest absolute Gasteiger partial charge is 0.167 e. The summed E-state index contributed by atoms with van der Waals surface area (Å²) in [5.41, 5.74) is 1.21. The number of benzene rings is 1. The van der Waals surface area contributed by atoms with Gasteiger partial charge in [-0.2, -0.15) is 0 Å². The third-order valence-corrected chi connectivity index (χ3v) is 3.51. The lowest BCUT2D eigenvalue weighted by Crippen LogP contribution is -1.96. The molecule has 0 radical (unpaired) electrons. The maximum atomic E-state index is 5.60. The molecule has 2 rings (SSSR count). The first kappa shape index (κ1) is 12.0. The SMILES string of the molecule is CCOc1ccccc1CSc1nccn1C. The zero-order valence-corrected chi connectivity index (χ0v) is 10.9. The Bertz CT molecular complexity index is 482. The molecule has 2 aromatic rings. The molecule has 0 aliphatic heterocycles. The van der Waals surface area contributed by atoms with Gasteiger partial charge in [0.1, 0.15) is 5.75 Å². The molecule has 0 spiro atoms. The maximum absolute atomic E-state index is 5.60. The Hall–Kier alpha value is -1.42. The van der Waals surface area contributed by atoms with Crippen LogP contribution in [0.25, 0.3) is 0 Å². The van der Waals surface area contributed by atoms with Crippen molar-refractivity contribution in [3.8, 4) is 5.75 Å². The van der Waals surface area contributed by atoms with Gasteiger partial charge in [0.2, 0.25) is 0 Å². The number of rotatable bonds is 5. The molecule has 1 aromatic carbocycles. The number of thioether (sulfide) groups is 1. The van der Waals surface area contributed by atoms with Crippen LogP contribution in [0.3, 0.4) is 0 Å². The third kappa shape index (κ3) is 3.03. The summed E-state index contributed by atoms with van der Waals surface area (Å²) >= 11 is 1.72. The average Bonchev–Trinajstić information content (AvgIpc) is 2.74. The molecule has 0 N–H and O–H groups in total. The van der Waals surface area contributed by atoms with Crippen LogP contribution in [0.15, 0.2) is 41.8 Å². The Morgan fingerprint density at radius 3 is 2.88 bits per heavy atom. The quantitative estimate of drug-likeness (QED) is 0.761. The van der Waals surface area contributed by atoms with Crippen LogP contribution in [-0.2, 0) is 12.8 Å². The van der Waals surface area contributed by atoms with E-state index in [9.17, 15) is 0 Å². The predicted octanol–water partition coefficient (Wildman–Crippen LogP) is 3.11. The Morgan fingerprint density at radius 1 is 1.35 bits per heavy atom. The number of hydrogen-bond acceptors (Lipinski definition) is 3. The van der Waals surface area contributed by atoms with Crippen LogP contribution in [0, 0.1) is 0 Å². The molecule has 3 nitrogen and oxygen atoms in total. The lowest BCUT2D eigenvalue weighted by atomic mass is 10.2. The van der Waals surface area contributed by atoms with Crippen LogP contribution in [-0.4, -0.2) is 16.2 Å². The van der Waals surface area contributed by atoms with Crippen molar-refractivity contribution in [2.75, 3.05) is 6.61 Å². The molecule has 0 aliphatic rings. The largest absolute Gasteiger partial charge is 0.494 e. The van der Waals surface area contributed by atoms with E-state index in [0.29, 0.717) is 6.61 Å². The first-order chi connectivity index (χ1) is 8.31. The zero-order valence-electron chi connectivity index (χ0n) is 10.1. The lowest BCUT2D eigenvalue weighted by Gasteiger charge is -2.09. The second-order valence-corrected chi connectivity index (χ2v) is 4.59. The van der Waals surface area contributed by atoms with Crippen molar-refractivity contribution in [2.45, 2.75) is 17.8 Å². The molecule has 0 aliphatic carbocycles. The number of aryl methyl sites for hydroxylation is 1. The fourth-order valence-corrected chi connectivity index (χ4v) is 2.48. The molecule has 0 unspecified atom stereocenters. The standard InChI is InChI=1S/C13H16N2OS/c1-3-16-12-7-5-4-6-11(12)10-17-13-14-8-9-15(13)2/h4-9H,3,10H2,1-2H3. The molecule has 1 aromatic heterocycles. The highest BCUT2D eigenvalue weighted by Crippen LogP contribution is 2.26. The number of imidazole rings is 1. The fourth-order valence-electron chi connectivity index (χ4n) is 1.55. The lowest BCUT2D eigenvalue weighted by molar-refractivity contribution is 0.337. The van der Waals surface area contributed by atoms with Gasteiger partial charge < -0.3 is 9.30 Å². The van der Waals surface area contributed by atoms with Crippen LogP contribution in [0.2, 0.25) is 0 Å². The van der Waals surface area contributed by atoms with E-state index >= 15 is 0 Å². The van der Waals surface area contributed by atoms with E-state index in [1.54, 1.807) is 11.8 Å². The third-order valence-electron chi connectivity index (χ3n) is 2.41. The van der Waals surface area contributed by atoms with E-state index in [-0.39, 0.29) is 0 Å². The second kappa shape index (κ2) is 5.77. The monoisotopic (exact) mass is 248 g/mol. The van der Waals surface area contributed by atoms with Gasteiger partial charge in [0.25, 0.3) is 0 Å². The van der Waals surface area contributed by atoms with Gasteiger partial charge in [0.05, 0.1) is 6.61 Å².